The fourth-order valence-corrected chi connectivity index (χ4v) is 1.14. The molecule has 84 valence electrons. The molecule has 0 aliphatic carbocycles. The number of amides is 1. The molecule has 3 N–H and O–H groups in total. The maximum atomic E-state index is 11.5. The van der Waals surface area contributed by atoms with E-state index in [2.05, 4.69) is 26.1 Å². The number of hydrogen-bond donors (Lipinski definition) is 2. The summed E-state index contributed by atoms with van der Waals surface area (Å²) >= 11 is 0. The van der Waals surface area contributed by atoms with Crippen LogP contribution in [0.25, 0.3) is 0 Å². The van der Waals surface area contributed by atoms with Crippen molar-refractivity contribution in [3.8, 4) is 0 Å². The van der Waals surface area contributed by atoms with E-state index in [0.717, 1.165) is 12.8 Å². The molecule has 0 saturated carbocycles. The number of carbonyl (C=O) groups excluding carboxylic acids is 1. The van der Waals surface area contributed by atoms with Crippen molar-refractivity contribution in [3.05, 3.63) is 0 Å². The Kier molecular flexibility index (Phi) is 5.77. The molecule has 14 heavy (non-hydrogen) atoms. The van der Waals surface area contributed by atoms with Gasteiger partial charge in [0.1, 0.15) is 0 Å². The Morgan fingerprint density at radius 2 is 2.07 bits per heavy atom. The molecule has 0 aliphatic heterocycles. The van der Waals surface area contributed by atoms with Crippen molar-refractivity contribution in [1.29, 1.82) is 0 Å². The topological polar surface area (TPSA) is 55.1 Å². The average Bonchev–Trinajstić information content (AvgIpc) is 2.15. The minimum atomic E-state index is 0.00158. The van der Waals surface area contributed by atoms with E-state index < -0.39 is 0 Å². The van der Waals surface area contributed by atoms with Crippen LogP contribution < -0.4 is 11.1 Å². The summed E-state index contributed by atoms with van der Waals surface area (Å²) in [5.41, 5.74) is 5.58. The highest BCUT2D eigenvalue weighted by Crippen LogP contribution is 2.11. The van der Waals surface area contributed by atoms with Crippen LogP contribution in [-0.2, 0) is 4.79 Å². The van der Waals surface area contributed by atoms with Gasteiger partial charge in [-0.3, -0.25) is 4.79 Å². The molecule has 0 fully saturated rings. The molecule has 0 aromatic heterocycles. The highest BCUT2D eigenvalue weighted by molar-refractivity contribution is 5.78. The monoisotopic (exact) mass is 200 g/mol. The number of nitrogens with two attached hydrogens (primary N) is 1. The third-order valence-electron chi connectivity index (χ3n) is 2.46. The van der Waals surface area contributed by atoms with Crippen molar-refractivity contribution in [2.24, 2.45) is 17.1 Å². The molecule has 1 unspecified atom stereocenters. The molecular formula is C11H24N2O. The summed E-state index contributed by atoms with van der Waals surface area (Å²) in [6.45, 7) is 9.42. The average molecular weight is 200 g/mol. The lowest BCUT2D eigenvalue weighted by Gasteiger charge is -2.23. The van der Waals surface area contributed by atoms with Gasteiger partial charge in [-0.2, -0.15) is 0 Å². The predicted octanol–water partition coefficient (Wildman–Crippen LogP) is 1.52. The van der Waals surface area contributed by atoms with Crippen LogP contribution in [0.4, 0.5) is 0 Å². The second-order valence-electron chi connectivity index (χ2n) is 4.78. The van der Waals surface area contributed by atoms with E-state index >= 15 is 0 Å². The van der Waals surface area contributed by atoms with Crippen LogP contribution >= 0.6 is 0 Å². The summed E-state index contributed by atoms with van der Waals surface area (Å²) in [6.07, 6.45) is 2.00. The van der Waals surface area contributed by atoms with Gasteiger partial charge in [0.05, 0.1) is 0 Å². The largest absolute Gasteiger partial charge is 0.355 e. The van der Waals surface area contributed by atoms with Gasteiger partial charge in [0.2, 0.25) is 5.91 Å². The van der Waals surface area contributed by atoms with Crippen LogP contribution in [0.15, 0.2) is 0 Å². The minimum absolute atomic E-state index is 0.00158. The van der Waals surface area contributed by atoms with Crippen LogP contribution in [0.3, 0.4) is 0 Å². The molecule has 0 heterocycles. The lowest BCUT2D eigenvalue weighted by molar-refractivity contribution is -0.125. The highest BCUT2D eigenvalue weighted by Gasteiger charge is 2.18. The zero-order valence-electron chi connectivity index (χ0n) is 9.89. The van der Waals surface area contributed by atoms with Crippen LogP contribution in [0.1, 0.15) is 40.5 Å². The molecule has 3 heteroatoms. The second kappa shape index (κ2) is 6.02. The van der Waals surface area contributed by atoms with Gasteiger partial charge in [-0.25, -0.2) is 0 Å². The van der Waals surface area contributed by atoms with Crippen molar-refractivity contribution in [2.45, 2.75) is 40.5 Å². The molecule has 0 aromatic rings. The van der Waals surface area contributed by atoms with Crippen LogP contribution in [0.5, 0.6) is 0 Å². The fourth-order valence-electron chi connectivity index (χ4n) is 1.14. The summed E-state index contributed by atoms with van der Waals surface area (Å²) in [4.78, 5) is 11.5. The van der Waals surface area contributed by atoms with E-state index in [-0.39, 0.29) is 17.2 Å². The maximum Gasteiger partial charge on any atom is 0.222 e. The lowest BCUT2D eigenvalue weighted by Crippen LogP contribution is -2.40. The van der Waals surface area contributed by atoms with Crippen LogP contribution in [0, 0.1) is 11.3 Å². The second-order valence-corrected chi connectivity index (χ2v) is 4.78. The molecule has 0 aromatic carbocycles. The highest BCUT2D eigenvalue weighted by atomic mass is 16.1. The van der Waals surface area contributed by atoms with E-state index in [1.165, 1.54) is 0 Å². The Bertz CT molecular complexity index is 178. The fraction of sp³-hybridized carbons (Fsp3) is 0.909. The van der Waals surface area contributed by atoms with Gasteiger partial charge in [0, 0.05) is 12.5 Å². The zero-order chi connectivity index (χ0) is 11.2. The minimum Gasteiger partial charge on any atom is -0.355 e. The maximum absolute atomic E-state index is 11.5. The molecule has 0 rings (SSSR count). The van der Waals surface area contributed by atoms with E-state index in [0.29, 0.717) is 13.1 Å². The first-order valence-electron chi connectivity index (χ1n) is 5.40. The first-order chi connectivity index (χ1) is 6.43. The number of carbonyl (C=O) groups is 1. The summed E-state index contributed by atoms with van der Waals surface area (Å²) in [5, 5.41) is 2.94. The molecule has 1 atom stereocenters. The number of hydrogen-bond acceptors (Lipinski definition) is 2. The van der Waals surface area contributed by atoms with E-state index in [1.807, 2.05) is 6.92 Å². The SMILES string of the molecule is CCCC(C)C(=O)NCC(C)(C)CN. The summed E-state index contributed by atoms with van der Waals surface area (Å²) in [6, 6.07) is 0. The third-order valence-corrected chi connectivity index (χ3v) is 2.46. The standard InChI is InChI=1S/C11H24N2O/c1-5-6-9(2)10(14)13-8-11(3,4)7-12/h9H,5-8,12H2,1-4H3,(H,13,14). The normalized spacial score (nSPS) is 13.8. The Labute approximate surface area is 87.4 Å². The van der Waals surface area contributed by atoms with Gasteiger partial charge < -0.3 is 11.1 Å². The Hall–Kier alpha value is -0.570. The van der Waals surface area contributed by atoms with E-state index in [9.17, 15) is 4.79 Å². The molecule has 0 saturated heterocycles. The summed E-state index contributed by atoms with van der Waals surface area (Å²) < 4.78 is 0. The molecule has 0 radical (unpaired) electrons. The smallest absolute Gasteiger partial charge is 0.222 e. The molecular weight excluding hydrogens is 176 g/mol. The van der Waals surface area contributed by atoms with E-state index in [1.54, 1.807) is 0 Å². The van der Waals surface area contributed by atoms with Gasteiger partial charge >= 0.3 is 0 Å². The molecule has 0 bridgehead atoms. The number of rotatable bonds is 6. The van der Waals surface area contributed by atoms with Gasteiger partial charge in [-0.05, 0) is 18.4 Å². The molecule has 1 amide bonds. The van der Waals surface area contributed by atoms with Crippen molar-refractivity contribution in [1.82, 2.24) is 5.32 Å². The summed E-state index contributed by atoms with van der Waals surface area (Å²) in [5.74, 6) is 0.266. The van der Waals surface area contributed by atoms with Gasteiger partial charge in [-0.1, -0.05) is 34.1 Å². The van der Waals surface area contributed by atoms with Gasteiger partial charge in [-0.15, -0.1) is 0 Å². The Morgan fingerprint density at radius 1 is 1.50 bits per heavy atom. The third kappa shape index (κ3) is 5.22. The quantitative estimate of drug-likeness (QED) is 0.683. The van der Waals surface area contributed by atoms with Crippen molar-refractivity contribution in [3.63, 3.8) is 0 Å². The molecule has 0 aliphatic rings. The number of nitrogens with one attached hydrogen (secondary N) is 1. The van der Waals surface area contributed by atoms with Gasteiger partial charge in [0.25, 0.3) is 0 Å². The first-order valence-corrected chi connectivity index (χ1v) is 5.40. The lowest BCUT2D eigenvalue weighted by atomic mass is 9.93. The zero-order valence-corrected chi connectivity index (χ0v) is 9.89. The molecule has 0 spiro atoms. The van der Waals surface area contributed by atoms with Crippen LogP contribution in [-0.4, -0.2) is 19.0 Å². The predicted molar refractivity (Wildman–Crippen MR) is 59.9 cm³/mol. The van der Waals surface area contributed by atoms with Gasteiger partial charge in [0.15, 0.2) is 0 Å². The summed E-state index contributed by atoms with van der Waals surface area (Å²) in [7, 11) is 0. The van der Waals surface area contributed by atoms with Crippen LogP contribution in [0.2, 0.25) is 0 Å². The van der Waals surface area contributed by atoms with Crippen molar-refractivity contribution >= 4 is 5.91 Å². The van der Waals surface area contributed by atoms with Crippen molar-refractivity contribution < 1.29 is 4.79 Å². The first kappa shape index (κ1) is 13.4. The Morgan fingerprint density at radius 3 is 2.50 bits per heavy atom. The van der Waals surface area contributed by atoms with Crippen molar-refractivity contribution in [2.75, 3.05) is 13.1 Å². The van der Waals surface area contributed by atoms with E-state index in [4.69, 9.17) is 5.73 Å². The Balaban J connectivity index is 3.84. The molecule has 3 nitrogen and oxygen atoms in total.